The van der Waals surface area contributed by atoms with E-state index in [1.54, 1.807) is 7.05 Å². The van der Waals surface area contributed by atoms with Gasteiger partial charge in [0.05, 0.1) is 16.3 Å². The fourth-order valence-corrected chi connectivity index (χ4v) is 4.50. The standard InChI is InChI=1S/C17H16F3N3O3S2/c1-9-7-12-14(28-9)15(25)23(2)16(22-12)27-8-13(24)21-10-3-5-11(6-4-10)26-17(18,19)20/h3-6,9H,7-8H2,1-2H3,(H,21,24). The lowest BCUT2D eigenvalue weighted by Crippen LogP contribution is -2.23. The fourth-order valence-electron chi connectivity index (χ4n) is 2.57. The highest BCUT2D eigenvalue weighted by Crippen LogP contribution is 2.34. The molecular formula is C17H16F3N3O3S2. The number of ether oxygens (including phenoxy) is 1. The molecule has 1 aromatic heterocycles. The number of carbonyl (C=O) groups is 1. The summed E-state index contributed by atoms with van der Waals surface area (Å²) in [6, 6.07) is 4.85. The van der Waals surface area contributed by atoms with Gasteiger partial charge < -0.3 is 10.1 Å². The second-order valence-electron chi connectivity index (χ2n) is 6.08. The Labute approximate surface area is 166 Å². The maximum absolute atomic E-state index is 12.4. The number of carbonyl (C=O) groups excluding carboxylic acids is 1. The van der Waals surface area contributed by atoms with Crippen LogP contribution in [0.4, 0.5) is 18.9 Å². The van der Waals surface area contributed by atoms with Gasteiger partial charge in [0.25, 0.3) is 5.56 Å². The topological polar surface area (TPSA) is 73.2 Å². The van der Waals surface area contributed by atoms with Crippen LogP contribution in [0.1, 0.15) is 12.6 Å². The zero-order valence-electron chi connectivity index (χ0n) is 14.9. The van der Waals surface area contributed by atoms with Gasteiger partial charge in [-0.25, -0.2) is 4.98 Å². The Bertz CT molecular complexity index is 946. The van der Waals surface area contributed by atoms with Crippen LogP contribution in [0.5, 0.6) is 5.75 Å². The van der Waals surface area contributed by atoms with Gasteiger partial charge in [0.1, 0.15) is 5.75 Å². The van der Waals surface area contributed by atoms with E-state index in [4.69, 9.17) is 0 Å². The number of amides is 1. The number of nitrogens with zero attached hydrogens (tertiary/aromatic N) is 2. The van der Waals surface area contributed by atoms with Crippen molar-refractivity contribution >= 4 is 35.1 Å². The minimum atomic E-state index is -4.77. The first-order valence-corrected chi connectivity index (χ1v) is 10.0. The molecule has 0 spiro atoms. The number of hydrogen-bond donors (Lipinski definition) is 1. The molecule has 0 bridgehead atoms. The van der Waals surface area contributed by atoms with Crippen LogP contribution in [0.15, 0.2) is 39.1 Å². The van der Waals surface area contributed by atoms with Gasteiger partial charge in [0.2, 0.25) is 5.91 Å². The molecule has 2 aromatic rings. The Morgan fingerprint density at radius 3 is 2.71 bits per heavy atom. The molecule has 1 unspecified atom stereocenters. The predicted octanol–water partition coefficient (Wildman–Crippen LogP) is 3.45. The largest absolute Gasteiger partial charge is 0.573 e. The van der Waals surface area contributed by atoms with Crippen LogP contribution in [-0.4, -0.2) is 32.8 Å². The first-order valence-electron chi connectivity index (χ1n) is 8.17. The zero-order chi connectivity index (χ0) is 20.5. The summed E-state index contributed by atoms with van der Waals surface area (Å²) in [5.41, 5.74) is 0.965. The third-order valence-electron chi connectivity index (χ3n) is 3.78. The highest BCUT2D eigenvalue weighted by molar-refractivity contribution is 8.00. The SMILES string of the molecule is CC1Cc2nc(SCC(=O)Nc3ccc(OC(F)(F)F)cc3)n(C)c(=O)c2S1. The van der Waals surface area contributed by atoms with Crippen LogP contribution in [-0.2, 0) is 18.3 Å². The first kappa shape index (κ1) is 20.6. The van der Waals surface area contributed by atoms with Gasteiger partial charge in [-0.05, 0) is 24.3 Å². The predicted molar refractivity (Wildman–Crippen MR) is 101 cm³/mol. The van der Waals surface area contributed by atoms with Gasteiger partial charge in [-0.3, -0.25) is 14.2 Å². The molecule has 3 rings (SSSR count). The molecule has 11 heteroatoms. The maximum atomic E-state index is 12.4. The minimum absolute atomic E-state index is 0.00255. The molecule has 1 aliphatic rings. The third kappa shape index (κ3) is 5.02. The van der Waals surface area contributed by atoms with E-state index in [-0.39, 0.29) is 23.0 Å². The number of alkyl halides is 3. The number of nitrogens with one attached hydrogen (secondary N) is 1. The first-order chi connectivity index (χ1) is 13.1. The zero-order valence-corrected chi connectivity index (χ0v) is 16.5. The van der Waals surface area contributed by atoms with E-state index in [0.717, 1.165) is 29.6 Å². The van der Waals surface area contributed by atoms with Crippen molar-refractivity contribution in [2.24, 2.45) is 7.05 Å². The summed E-state index contributed by atoms with van der Waals surface area (Å²) in [5.74, 6) is -0.737. The van der Waals surface area contributed by atoms with Gasteiger partial charge in [0.15, 0.2) is 5.16 Å². The molecule has 0 fully saturated rings. The van der Waals surface area contributed by atoms with E-state index >= 15 is 0 Å². The van der Waals surface area contributed by atoms with E-state index in [2.05, 4.69) is 15.0 Å². The van der Waals surface area contributed by atoms with Crippen molar-refractivity contribution in [2.75, 3.05) is 11.1 Å². The second kappa shape index (κ2) is 8.08. The van der Waals surface area contributed by atoms with Crippen LogP contribution in [0.3, 0.4) is 0 Å². The Hall–Kier alpha value is -2.14. The van der Waals surface area contributed by atoms with Crippen molar-refractivity contribution in [2.45, 2.75) is 35.0 Å². The number of anilines is 1. The van der Waals surface area contributed by atoms with Gasteiger partial charge in [0, 0.05) is 24.4 Å². The number of halogens is 3. The molecule has 0 saturated heterocycles. The van der Waals surface area contributed by atoms with Crippen molar-refractivity contribution in [3.63, 3.8) is 0 Å². The van der Waals surface area contributed by atoms with E-state index in [1.807, 2.05) is 6.92 Å². The van der Waals surface area contributed by atoms with Crippen molar-refractivity contribution in [3.05, 3.63) is 40.3 Å². The quantitative estimate of drug-likeness (QED) is 0.578. The number of hydrogen-bond acceptors (Lipinski definition) is 6. The lowest BCUT2D eigenvalue weighted by molar-refractivity contribution is -0.274. The Morgan fingerprint density at radius 1 is 1.39 bits per heavy atom. The number of thioether (sulfide) groups is 2. The molecule has 150 valence electrons. The summed E-state index contributed by atoms with van der Waals surface area (Å²) >= 11 is 2.63. The van der Waals surface area contributed by atoms with Crippen LogP contribution < -0.4 is 15.6 Å². The summed E-state index contributed by atoms with van der Waals surface area (Å²) < 4.78 is 41.7. The van der Waals surface area contributed by atoms with Crippen molar-refractivity contribution in [3.8, 4) is 5.75 Å². The maximum Gasteiger partial charge on any atom is 0.573 e. The van der Waals surface area contributed by atoms with E-state index < -0.39 is 6.36 Å². The Balaban J connectivity index is 1.60. The summed E-state index contributed by atoms with van der Waals surface area (Å²) in [4.78, 5) is 29.7. The summed E-state index contributed by atoms with van der Waals surface area (Å²) in [5, 5.41) is 3.32. The molecule has 1 aliphatic heterocycles. The second-order valence-corrected chi connectivity index (χ2v) is 8.47. The molecule has 28 heavy (non-hydrogen) atoms. The molecule has 0 radical (unpaired) electrons. The number of rotatable bonds is 5. The number of aromatic nitrogens is 2. The molecule has 2 heterocycles. The van der Waals surface area contributed by atoms with Crippen molar-refractivity contribution in [1.82, 2.24) is 9.55 Å². The monoisotopic (exact) mass is 431 g/mol. The minimum Gasteiger partial charge on any atom is -0.406 e. The van der Waals surface area contributed by atoms with E-state index in [0.29, 0.717) is 27.4 Å². The Morgan fingerprint density at radius 2 is 2.07 bits per heavy atom. The molecule has 1 N–H and O–H groups in total. The molecule has 1 amide bonds. The van der Waals surface area contributed by atoms with Gasteiger partial charge in [-0.15, -0.1) is 24.9 Å². The average molecular weight is 431 g/mol. The summed E-state index contributed by atoms with van der Waals surface area (Å²) in [6.07, 6.45) is -4.06. The van der Waals surface area contributed by atoms with Crippen molar-refractivity contribution in [1.29, 1.82) is 0 Å². The molecule has 1 atom stereocenters. The van der Waals surface area contributed by atoms with Crippen LogP contribution in [0.2, 0.25) is 0 Å². The van der Waals surface area contributed by atoms with E-state index in [1.165, 1.54) is 28.5 Å². The van der Waals surface area contributed by atoms with E-state index in [9.17, 15) is 22.8 Å². The van der Waals surface area contributed by atoms with Crippen LogP contribution in [0, 0.1) is 0 Å². The van der Waals surface area contributed by atoms with Gasteiger partial charge in [-0.1, -0.05) is 18.7 Å². The van der Waals surface area contributed by atoms with Gasteiger partial charge >= 0.3 is 6.36 Å². The third-order valence-corrected chi connectivity index (χ3v) is 6.03. The van der Waals surface area contributed by atoms with Crippen LogP contribution >= 0.6 is 23.5 Å². The fraction of sp³-hybridized carbons (Fsp3) is 0.353. The van der Waals surface area contributed by atoms with Crippen molar-refractivity contribution < 1.29 is 22.7 Å². The lowest BCUT2D eigenvalue weighted by atomic mass is 10.2. The summed E-state index contributed by atoms with van der Waals surface area (Å²) in [6.45, 7) is 2.02. The number of fused-ring (bicyclic) bond motifs is 1. The molecule has 1 aromatic carbocycles. The Kier molecular flexibility index (Phi) is 5.94. The number of benzene rings is 1. The average Bonchev–Trinajstić information content (AvgIpc) is 2.98. The molecule has 0 saturated carbocycles. The highest BCUT2D eigenvalue weighted by atomic mass is 32.2. The van der Waals surface area contributed by atoms with Crippen LogP contribution in [0.25, 0.3) is 0 Å². The summed E-state index contributed by atoms with van der Waals surface area (Å²) in [7, 11) is 1.61. The highest BCUT2D eigenvalue weighted by Gasteiger charge is 2.31. The lowest BCUT2D eigenvalue weighted by Gasteiger charge is -2.11. The normalized spacial score (nSPS) is 16.0. The molecular weight excluding hydrogens is 415 g/mol. The smallest absolute Gasteiger partial charge is 0.406 e. The van der Waals surface area contributed by atoms with Gasteiger partial charge in [-0.2, -0.15) is 0 Å². The molecule has 0 aliphatic carbocycles. The molecule has 6 nitrogen and oxygen atoms in total.